The first kappa shape index (κ1) is 10.7. The van der Waals surface area contributed by atoms with Gasteiger partial charge in [-0.15, -0.1) is 0 Å². The van der Waals surface area contributed by atoms with E-state index in [2.05, 4.69) is 18.6 Å². The molecule has 0 aliphatic heterocycles. The zero-order valence-electron chi connectivity index (χ0n) is 9.58. The number of ether oxygens (including phenoxy) is 1. The minimum absolute atomic E-state index is 0.0748. The van der Waals surface area contributed by atoms with Crippen molar-refractivity contribution in [3.63, 3.8) is 0 Å². The molecule has 0 radical (unpaired) electrons. The Morgan fingerprint density at radius 1 is 1.47 bits per heavy atom. The number of fused-ring (bicyclic) bond motifs is 2. The molecule has 0 spiro atoms. The molecule has 15 heavy (non-hydrogen) atoms. The van der Waals surface area contributed by atoms with Crippen LogP contribution < -0.4 is 0 Å². The third-order valence-electron chi connectivity index (χ3n) is 4.43. The van der Waals surface area contributed by atoms with Gasteiger partial charge in [-0.3, -0.25) is 9.59 Å². The van der Waals surface area contributed by atoms with Gasteiger partial charge < -0.3 is 4.74 Å². The molecule has 3 fully saturated rings. The Kier molecular flexibility index (Phi) is 2.36. The van der Waals surface area contributed by atoms with Gasteiger partial charge in [-0.25, -0.2) is 0 Å². The van der Waals surface area contributed by atoms with E-state index < -0.39 is 0 Å². The minimum Gasteiger partial charge on any atom is -0.469 e. The molecule has 0 amide bonds. The zero-order valence-corrected chi connectivity index (χ0v) is 9.58. The molecule has 0 aromatic rings. The molecule has 3 atom stereocenters. The van der Waals surface area contributed by atoms with Crippen molar-refractivity contribution < 1.29 is 14.3 Å². The van der Waals surface area contributed by atoms with Gasteiger partial charge in [0.25, 0.3) is 0 Å². The number of methoxy groups -OCH3 is 1. The lowest BCUT2D eigenvalue weighted by molar-refractivity contribution is -0.162. The van der Waals surface area contributed by atoms with Gasteiger partial charge in [0.15, 0.2) is 0 Å². The molecular weight excluding hydrogens is 192 g/mol. The lowest BCUT2D eigenvalue weighted by Gasteiger charge is -2.57. The first-order valence-corrected chi connectivity index (χ1v) is 5.57. The van der Waals surface area contributed by atoms with E-state index in [1.807, 2.05) is 0 Å². The molecule has 3 nitrogen and oxygen atoms in total. The molecule has 0 saturated heterocycles. The van der Waals surface area contributed by atoms with Crippen LogP contribution in [0.5, 0.6) is 0 Å². The van der Waals surface area contributed by atoms with Crippen LogP contribution in [0, 0.1) is 23.2 Å². The fourth-order valence-electron chi connectivity index (χ4n) is 3.11. The lowest BCUT2D eigenvalue weighted by Crippen LogP contribution is -2.56. The second-order valence-corrected chi connectivity index (χ2v) is 5.42. The highest BCUT2D eigenvalue weighted by atomic mass is 16.5. The third kappa shape index (κ3) is 1.48. The van der Waals surface area contributed by atoms with Crippen LogP contribution in [0.3, 0.4) is 0 Å². The van der Waals surface area contributed by atoms with Gasteiger partial charge >= 0.3 is 5.97 Å². The first-order valence-electron chi connectivity index (χ1n) is 5.57. The summed E-state index contributed by atoms with van der Waals surface area (Å²) in [6, 6.07) is 0. The van der Waals surface area contributed by atoms with Crippen molar-refractivity contribution >= 4 is 11.8 Å². The summed E-state index contributed by atoms with van der Waals surface area (Å²) >= 11 is 0. The van der Waals surface area contributed by atoms with Crippen LogP contribution >= 0.6 is 0 Å². The van der Waals surface area contributed by atoms with Gasteiger partial charge in [-0.05, 0) is 24.2 Å². The summed E-state index contributed by atoms with van der Waals surface area (Å²) in [4.78, 5) is 23.2. The van der Waals surface area contributed by atoms with Crippen molar-refractivity contribution in [2.75, 3.05) is 7.11 Å². The Balaban J connectivity index is 2.03. The average Bonchev–Trinajstić information content (AvgIpc) is 2.19. The van der Waals surface area contributed by atoms with Crippen LogP contribution in [-0.4, -0.2) is 18.9 Å². The molecule has 0 heterocycles. The smallest absolute Gasteiger partial charge is 0.306 e. The largest absolute Gasteiger partial charge is 0.469 e. The van der Waals surface area contributed by atoms with Crippen molar-refractivity contribution in [2.45, 2.75) is 33.1 Å². The van der Waals surface area contributed by atoms with Crippen molar-refractivity contribution in [2.24, 2.45) is 23.2 Å². The lowest BCUT2D eigenvalue weighted by atomic mass is 9.46. The van der Waals surface area contributed by atoms with Crippen LogP contribution in [0.1, 0.15) is 33.1 Å². The molecule has 2 bridgehead atoms. The van der Waals surface area contributed by atoms with E-state index in [-0.39, 0.29) is 35.4 Å². The average molecular weight is 210 g/mol. The molecule has 3 unspecified atom stereocenters. The van der Waals surface area contributed by atoms with E-state index in [1.54, 1.807) is 0 Å². The fraction of sp³-hybridized carbons (Fsp3) is 0.833. The summed E-state index contributed by atoms with van der Waals surface area (Å²) in [6.07, 6.45) is 2.18. The molecule has 0 N–H and O–H groups in total. The quantitative estimate of drug-likeness (QED) is 0.653. The molecule has 0 aromatic heterocycles. The predicted octanol–water partition coefficient (Wildman–Crippen LogP) is 1.80. The van der Waals surface area contributed by atoms with Crippen LogP contribution in [0.4, 0.5) is 0 Å². The highest BCUT2D eigenvalue weighted by Gasteiger charge is 2.57. The first-order chi connectivity index (χ1) is 6.96. The molecule has 3 rings (SSSR count). The van der Waals surface area contributed by atoms with Gasteiger partial charge in [0.1, 0.15) is 5.78 Å². The summed E-state index contributed by atoms with van der Waals surface area (Å²) in [7, 11) is 1.38. The van der Waals surface area contributed by atoms with Crippen molar-refractivity contribution in [1.82, 2.24) is 0 Å². The number of carbonyl (C=O) groups excluding carboxylic acids is 2. The van der Waals surface area contributed by atoms with Crippen molar-refractivity contribution in [1.29, 1.82) is 0 Å². The Hall–Kier alpha value is -0.860. The number of carbonyl (C=O) groups is 2. The molecule has 3 aliphatic rings. The molecule has 3 aliphatic carbocycles. The Labute approximate surface area is 90.2 Å². The van der Waals surface area contributed by atoms with Crippen LogP contribution in [0.25, 0.3) is 0 Å². The summed E-state index contributed by atoms with van der Waals surface area (Å²) in [5.41, 5.74) is 0.170. The van der Waals surface area contributed by atoms with E-state index in [0.29, 0.717) is 5.92 Å². The summed E-state index contributed by atoms with van der Waals surface area (Å²) in [5, 5.41) is 0. The maximum Gasteiger partial charge on any atom is 0.306 e. The standard InChI is InChI=1S/C12H18O3/c1-12(2)8-4-7(5-10(13)15-3)11(14)9(12)6-8/h7-9H,4-6H2,1-3H3. The van der Waals surface area contributed by atoms with Crippen molar-refractivity contribution in [3.05, 3.63) is 0 Å². The van der Waals surface area contributed by atoms with Crippen LogP contribution in [-0.2, 0) is 14.3 Å². The molecular formula is C12H18O3. The second kappa shape index (κ2) is 3.32. The fourth-order valence-corrected chi connectivity index (χ4v) is 3.11. The Bertz CT molecular complexity index is 306. The van der Waals surface area contributed by atoms with Gasteiger partial charge in [0.2, 0.25) is 0 Å². The second-order valence-electron chi connectivity index (χ2n) is 5.42. The number of ketones is 1. The van der Waals surface area contributed by atoms with Crippen LogP contribution in [0.15, 0.2) is 0 Å². The SMILES string of the molecule is COC(=O)CC1CC2CC(C1=O)C2(C)C. The third-order valence-corrected chi connectivity index (χ3v) is 4.43. The maximum absolute atomic E-state index is 12.0. The van der Waals surface area contributed by atoms with Crippen molar-refractivity contribution in [3.8, 4) is 0 Å². The monoisotopic (exact) mass is 210 g/mol. The molecule has 3 saturated carbocycles. The highest BCUT2D eigenvalue weighted by Crippen LogP contribution is 2.59. The van der Waals surface area contributed by atoms with E-state index in [9.17, 15) is 9.59 Å². The van der Waals surface area contributed by atoms with Gasteiger partial charge in [-0.1, -0.05) is 13.8 Å². The number of esters is 1. The zero-order chi connectivity index (χ0) is 11.2. The topological polar surface area (TPSA) is 43.4 Å². The van der Waals surface area contributed by atoms with E-state index in [4.69, 9.17) is 0 Å². The number of hydrogen-bond acceptors (Lipinski definition) is 3. The van der Waals surface area contributed by atoms with E-state index in [0.717, 1.165) is 12.8 Å². The van der Waals surface area contributed by atoms with E-state index >= 15 is 0 Å². The number of hydrogen-bond donors (Lipinski definition) is 0. The molecule has 0 aromatic carbocycles. The van der Waals surface area contributed by atoms with Gasteiger partial charge in [0, 0.05) is 11.8 Å². The molecule has 84 valence electrons. The Morgan fingerprint density at radius 2 is 2.13 bits per heavy atom. The minimum atomic E-state index is -0.257. The summed E-state index contributed by atoms with van der Waals surface area (Å²) in [6.45, 7) is 4.33. The summed E-state index contributed by atoms with van der Waals surface area (Å²) in [5.74, 6) is 0.760. The Morgan fingerprint density at radius 3 is 2.60 bits per heavy atom. The van der Waals surface area contributed by atoms with Gasteiger partial charge in [0.05, 0.1) is 13.5 Å². The number of rotatable bonds is 2. The maximum atomic E-state index is 12.0. The molecule has 3 heteroatoms. The highest BCUT2D eigenvalue weighted by molar-refractivity contribution is 5.89. The van der Waals surface area contributed by atoms with E-state index in [1.165, 1.54) is 7.11 Å². The predicted molar refractivity (Wildman–Crippen MR) is 55.1 cm³/mol. The van der Waals surface area contributed by atoms with Gasteiger partial charge in [-0.2, -0.15) is 0 Å². The normalized spacial score (nSPS) is 37.0. The van der Waals surface area contributed by atoms with Crippen LogP contribution in [0.2, 0.25) is 0 Å². The summed E-state index contributed by atoms with van der Waals surface area (Å²) < 4.78 is 4.61. The number of Topliss-reactive ketones (excluding diaryl/α,β-unsaturated/α-hetero) is 1.